The number of esters is 1. The van der Waals surface area contributed by atoms with Crippen LogP contribution in [-0.2, 0) is 51.0 Å². The molecule has 6 atom stereocenters. The van der Waals surface area contributed by atoms with E-state index >= 15 is 9.18 Å². The number of alkyl halides is 1. The number of nitrogens with zero attached hydrogens (tertiary/aromatic N) is 7. The molecule has 0 spiro atoms. The molecule has 414 valence electrons. The first-order valence-corrected chi connectivity index (χ1v) is 29.6. The Morgan fingerprint density at radius 1 is 1.00 bits per heavy atom. The minimum absolute atomic E-state index is 0.0234. The largest absolute Gasteiger partial charge is 0.464 e. The first-order chi connectivity index (χ1) is 37.2. The van der Waals surface area contributed by atoms with Crippen LogP contribution >= 0.6 is 11.3 Å². The third-order valence-corrected chi connectivity index (χ3v) is 19.7. The second-order valence-corrected chi connectivity index (χ2v) is 25.5. The molecule has 11 heterocycles. The monoisotopic (exact) mass is 1080 g/mol. The fourth-order valence-electron chi connectivity index (χ4n) is 14.0. The number of hydrazine groups is 1. The molecule has 0 radical (unpaired) electrons. The first-order valence-electron chi connectivity index (χ1n) is 28.7. The smallest absolute Gasteiger partial charge is 0.325 e. The van der Waals surface area contributed by atoms with Crippen molar-refractivity contribution in [3.05, 3.63) is 52.1 Å². The van der Waals surface area contributed by atoms with Gasteiger partial charge in [-0.05, 0) is 114 Å². The van der Waals surface area contributed by atoms with Gasteiger partial charge in [-0.15, -0.1) is 11.3 Å². The van der Waals surface area contributed by atoms with Crippen LogP contribution in [-0.4, -0.2) is 168 Å². The van der Waals surface area contributed by atoms with Crippen molar-refractivity contribution < 1.29 is 42.5 Å². The molecule has 4 aromatic rings. The van der Waals surface area contributed by atoms with E-state index in [1.807, 2.05) is 23.4 Å². The number of ether oxygens (including phenoxy) is 5. The van der Waals surface area contributed by atoms with Crippen molar-refractivity contribution in [2.45, 2.75) is 159 Å². The molecule has 15 rings (SSSR count). The Labute approximate surface area is 454 Å². The number of benzene rings is 1. The molecule has 2 N–H and O–H groups in total. The highest BCUT2D eigenvalue weighted by atomic mass is 32.1. The number of aromatic nitrogens is 3. The number of rotatable bonds is 12. The molecule has 77 heavy (non-hydrogen) atoms. The lowest BCUT2D eigenvalue weighted by atomic mass is 9.72. The van der Waals surface area contributed by atoms with Crippen LogP contribution in [0.2, 0.25) is 0 Å². The molecule has 7 saturated heterocycles. The minimum atomic E-state index is -1.16. The maximum absolute atomic E-state index is 15.5. The maximum Gasteiger partial charge on any atom is 0.325 e. The van der Waals surface area contributed by atoms with Gasteiger partial charge in [-0.1, -0.05) is 19.9 Å². The lowest BCUT2D eigenvalue weighted by Crippen LogP contribution is -2.72. The summed E-state index contributed by atoms with van der Waals surface area (Å²) in [6, 6.07) is 6.63. The number of nitrogens with one attached hydrogen (secondary N) is 2. The van der Waals surface area contributed by atoms with Crippen LogP contribution in [0.15, 0.2) is 35.8 Å². The normalized spacial score (nSPS) is 32.2. The summed E-state index contributed by atoms with van der Waals surface area (Å²) in [5.74, 6) is -0.882. The number of amides is 2. The van der Waals surface area contributed by atoms with Crippen LogP contribution in [0.25, 0.3) is 33.4 Å². The van der Waals surface area contributed by atoms with Crippen molar-refractivity contribution in [3.63, 3.8) is 0 Å². The van der Waals surface area contributed by atoms with E-state index in [1.165, 1.54) is 24.2 Å². The zero-order valence-electron chi connectivity index (χ0n) is 45.3. The van der Waals surface area contributed by atoms with Crippen LogP contribution in [0.5, 0.6) is 0 Å². The number of halogens is 1. The fourth-order valence-corrected chi connectivity index (χ4v) is 15.0. The van der Waals surface area contributed by atoms with Gasteiger partial charge < -0.3 is 38.5 Å². The first kappa shape index (κ1) is 51.8. The average molecular weight is 1080 g/mol. The Hall–Kier alpha value is -4.60. The van der Waals surface area contributed by atoms with Gasteiger partial charge >= 0.3 is 5.97 Å². The van der Waals surface area contributed by atoms with Crippen LogP contribution in [0.4, 0.5) is 10.1 Å². The minimum Gasteiger partial charge on any atom is -0.464 e. The summed E-state index contributed by atoms with van der Waals surface area (Å²) in [5, 5.41) is 8.45. The molecule has 0 unspecified atom stereocenters. The van der Waals surface area contributed by atoms with Crippen LogP contribution < -0.4 is 15.6 Å². The number of thiazole rings is 1. The number of piperazine rings is 1. The number of carbonyl (C=O) groups is 3. The number of likely N-dealkylation sites (tertiary alicyclic amines) is 1. The number of carbonyl (C=O) groups excluding carboxylic acids is 3. The summed E-state index contributed by atoms with van der Waals surface area (Å²) < 4.78 is 49.1. The molecule has 3 saturated carbocycles. The van der Waals surface area contributed by atoms with Gasteiger partial charge in [0.15, 0.2) is 0 Å². The molecular formula is C58H76FN9O8S. The third-order valence-electron chi connectivity index (χ3n) is 18.8. The highest BCUT2D eigenvalue weighted by Gasteiger charge is 2.62. The zero-order valence-corrected chi connectivity index (χ0v) is 46.2. The Morgan fingerprint density at radius 2 is 1.79 bits per heavy atom. The molecule has 19 heteroatoms. The summed E-state index contributed by atoms with van der Waals surface area (Å²) in [5.41, 5.74) is 9.38. The molecule has 10 bridgehead atoms. The molecule has 8 aliphatic heterocycles. The molecule has 11 aliphatic rings. The third kappa shape index (κ3) is 9.69. The predicted molar refractivity (Wildman–Crippen MR) is 289 cm³/mol. The van der Waals surface area contributed by atoms with E-state index in [0.717, 1.165) is 89.4 Å². The summed E-state index contributed by atoms with van der Waals surface area (Å²) >= 11 is 1.42. The van der Waals surface area contributed by atoms with Crippen molar-refractivity contribution in [3.8, 4) is 22.5 Å². The number of fused-ring (bicyclic) bond motifs is 5. The Morgan fingerprint density at radius 3 is 2.51 bits per heavy atom. The molecule has 10 fully saturated rings. The van der Waals surface area contributed by atoms with Gasteiger partial charge in [-0.2, -0.15) is 0 Å². The van der Waals surface area contributed by atoms with Crippen LogP contribution in [0, 0.1) is 17.3 Å². The van der Waals surface area contributed by atoms with E-state index < -0.39 is 41.3 Å². The molecule has 3 aliphatic carbocycles. The number of hydrogen-bond acceptors (Lipinski definition) is 15. The van der Waals surface area contributed by atoms with Crippen molar-refractivity contribution >= 4 is 45.7 Å². The number of pyridine rings is 1. The fraction of sp³-hybridized carbons (Fsp3) is 0.672. The van der Waals surface area contributed by atoms with Crippen LogP contribution in [0.1, 0.15) is 114 Å². The molecular weight excluding hydrogens is 1000 g/mol. The highest BCUT2D eigenvalue weighted by Crippen LogP contribution is 2.53. The Kier molecular flexibility index (Phi) is 13.8. The van der Waals surface area contributed by atoms with Gasteiger partial charge in [0, 0.05) is 111 Å². The van der Waals surface area contributed by atoms with Crippen LogP contribution in [0.3, 0.4) is 0 Å². The van der Waals surface area contributed by atoms with Crippen molar-refractivity contribution in [1.82, 2.24) is 40.1 Å². The van der Waals surface area contributed by atoms with Gasteiger partial charge in [0.05, 0.1) is 66.5 Å². The van der Waals surface area contributed by atoms with Crippen molar-refractivity contribution in [2.75, 3.05) is 77.7 Å². The molecule has 17 nitrogen and oxygen atoms in total. The van der Waals surface area contributed by atoms with E-state index in [9.17, 15) is 9.59 Å². The lowest BCUT2D eigenvalue weighted by Gasteiger charge is -2.53. The average Bonchev–Trinajstić information content (AvgIpc) is 3.97. The van der Waals surface area contributed by atoms with E-state index in [-0.39, 0.29) is 61.2 Å². The topological polar surface area (TPSA) is 165 Å². The van der Waals surface area contributed by atoms with Gasteiger partial charge in [0.1, 0.15) is 28.9 Å². The second kappa shape index (κ2) is 20.5. The van der Waals surface area contributed by atoms with Crippen molar-refractivity contribution in [2.24, 2.45) is 17.3 Å². The summed E-state index contributed by atoms with van der Waals surface area (Å²) in [6.45, 7) is 15.2. The van der Waals surface area contributed by atoms with Gasteiger partial charge in [-0.25, -0.2) is 14.8 Å². The number of hydrogen-bond donors (Lipinski definition) is 2. The zero-order chi connectivity index (χ0) is 52.9. The predicted octanol–water partition coefficient (Wildman–Crippen LogP) is 6.77. The molecule has 2 amide bonds. The quantitative estimate of drug-likeness (QED) is 0.143. The summed E-state index contributed by atoms with van der Waals surface area (Å²) in [6.07, 6.45) is 8.14. The summed E-state index contributed by atoms with van der Waals surface area (Å²) in [7, 11) is 1.73. The van der Waals surface area contributed by atoms with E-state index in [1.54, 1.807) is 12.1 Å². The SMILES string of the molecule is CO[C@@H](C)c1ncc(N2CCN(C3CC3)CC2)cc1-c1c2c3cc(ccc3n1CCOC1CCOCC1)-c1csc(n1)[C@@H](N1CC[C@H](F)C1)[C@H](NC(=O)C13CC(C1)[C@H](C)O3)C(=O)N1N[C@H](C(=O)OCC(C)(C)C2)C2CC1C2. The van der Waals surface area contributed by atoms with Crippen molar-refractivity contribution in [1.29, 1.82) is 0 Å². The highest BCUT2D eigenvalue weighted by molar-refractivity contribution is 7.10. The Bertz CT molecular complexity index is 2880. The van der Waals surface area contributed by atoms with Gasteiger partial charge in [0.2, 0.25) is 0 Å². The van der Waals surface area contributed by atoms with E-state index in [2.05, 4.69) is 70.1 Å². The molecule has 1 aromatic carbocycles. The van der Waals surface area contributed by atoms with Gasteiger partial charge in [-0.3, -0.25) is 34.2 Å². The second-order valence-electron chi connectivity index (χ2n) is 24.6. The number of methoxy groups -OCH3 is 1. The lowest BCUT2D eigenvalue weighted by molar-refractivity contribution is -0.172. The summed E-state index contributed by atoms with van der Waals surface area (Å²) in [4.78, 5) is 62.4. The number of anilines is 1. The van der Waals surface area contributed by atoms with E-state index in [0.29, 0.717) is 82.5 Å². The van der Waals surface area contributed by atoms with E-state index in [4.69, 9.17) is 33.7 Å². The molecule has 3 aromatic heterocycles. The maximum atomic E-state index is 15.5. The Balaban J connectivity index is 0.958. The standard InChI is InChI=1S/C58H76FN9O8S/c1-33-37-26-58(27-37,76-33)56(71)62-50-52(66-13-10-38(59)30-66)53-61-46(31-77-53)35-6-9-47-43(24-35)45(28-57(3,4)32-75-55(70)49-36-22-40(23-36)68(63-49)54(50)69)51(67(47)18-21-74-42-11-19-73-20-12-42)44-25-41(29-60-48(44)34(2)72-5)65-16-14-64(15-17-65)39-7-8-39/h6,9,24-25,29,31,33-34,36-40,42,49-50,52,63H,7-8,10-23,26-28,30,32H2,1-5H3,(H,62,71)/t33-,34-,36?,37?,38-,40?,49-,50-,52-,58?/m0/s1. The number of cyclic esters (lactones) is 1. The van der Waals surface area contributed by atoms with Gasteiger partial charge in [0.25, 0.3) is 11.8 Å².